The summed E-state index contributed by atoms with van der Waals surface area (Å²) in [5.74, 6) is 1.10. The normalized spacial score (nSPS) is 15.0. The zero-order chi connectivity index (χ0) is 14.7. The molecule has 1 saturated heterocycles. The van der Waals surface area contributed by atoms with E-state index in [1.165, 1.54) is 6.20 Å². The molecule has 108 valence electrons. The van der Waals surface area contributed by atoms with Crippen LogP contribution in [0.3, 0.4) is 0 Å². The van der Waals surface area contributed by atoms with Crippen molar-refractivity contribution in [1.29, 1.82) is 0 Å². The Hall–Kier alpha value is -2.70. The number of aromatic nitrogens is 3. The number of carbonyl (C=O) groups excluding carboxylic acids is 1. The smallest absolute Gasteiger partial charge is 0.255 e. The van der Waals surface area contributed by atoms with E-state index in [2.05, 4.69) is 19.9 Å². The number of hydrogen-bond donors (Lipinski definition) is 1. The Balaban J connectivity index is 1.63. The van der Waals surface area contributed by atoms with Crippen molar-refractivity contribution >= 4 is 17.7 Å². The van der Waals surface area contributed by atoms with Crippen LogP contribution in [0.2, 0.25) is 0 Å². The number of rotatable bonds is 2. The van der Waals surface area contributed by atoms with Gasteiger partial charge in [0.1, 0.15) is 5.82 Å². The summed E-state index contributed by atoms with van der Waals surface area (Å²) in [5, 5.41) is 0. The maximum Gasteiger partial charge on any atom is 0.255 e. The minimum Gasteiger partial charge on any atom is -0.384 e. The molecule has 7 heteroatoms. The van der Waals surface area contributed by atoms with Crippen LogP contribution in [0.25, 0.3) is 0 Å². The van der Waals surface area contributed by atoms with E-state index in [4.69, 9.17) is 5.73 Å². The van der Waals surface area contributed by atoms with Crippen LogP contribution >= 0.6 is 0 Å². The van der Waals surface area contributed by atoms with E-state index in [0.29, 0.717) is 30.4 Å². The van der Waals surface area contributed by atoms with Gasteiger partial charge >= 0.3 is 0 Å². The third-order valence-electron chi connectivity index (χ3n) is 3.44. The highest BCUT2D eigenvalue weighted by Crippen LogP contribution is 2.12. The Bertz CT molecular complexity index is 607. The number of nitrogen functional groups attached to an aromatic ring is 1. The van der Waals surface area contributed by atoms with E-state index in [9.17, 15) is 4.79 Å². The highest BCUT2D eigenvalue weighted by Gasteiger charge is 2.23. The molecule has 0 unspecified atom stereocenters. The summed E-state index contributed by atoms with van der Waals surface area (Å²) in [7, 11) is 0. The van der Waals surface area contributed by atoms with Crippen LogP contribution in [0.15, 0.2) is 36.8 Å². The zero-order valence-electron chi connectivity index (χ0n) is 11.5. The van der Waals surface area contributed by atoms with Crippen molar-refractivity contribution in [2.24, 2.45) is 0 Å². The van der Waals surface area contributed by atoms with Gasteiger partial charge in [0.2, 0.25) is 5.95 Å². The molecule has 1 amide bonds. The number of pyridine rings is 1. The lowest BCUT2D eigenvalue weighted by molar-refractivity contribution is 0.0746. The lowest BCUT2D eigenvalue weighted by atomic mass is 10.2. The van der Waals surface area contributed by atoms with Crippen molar-refractivity contribution in [3.63, 3.8) is 0 Å². The summed E-state index contributed by atoms with van der Waals surface area (Å²) < 4.78 is 0. The largest absolute Gasteiger partial charge is 0.384 e. The van der Waals surface area contributed by atoms with Gasteiger partial charge in [0, 0.05) is 44.8 Å². The van der Waals surface area contributed by atoms with Crippen LogP contribution in [0.5, 0.6) is 0 Å². The van der Waals surface area contributed by atoms with Gasteiger partial charge in [-0.05, 0) is 18.2 Å². The molecule has 0 aromatic carbocycles. The van der Waals surface area contributed by atoms with Crippen LogP contribution in [-0.2, 0) is 0 Å². The van der Waals surface area contributed by atoms with E-state index in [1.54, 1.807) is 30.6 Å². The monoisotopic (exact) mass is 284 g/mol. The van der Waals surface area contributed by atoms with Gasteiger partial charge < -0.3 is 15.5 Å². The summed E-state index contributed by atoms with van der Waals surface area (Å²) in [4.78, 5) is 28.6. The zero-order valence-corrected chi connectivity index (χ0v) is 11.5. The van der Waals surface area contributed by atoms with Gasteiger partial charge in [-0.2, -0.15) is 0 Å². The lowest BCUT2D eigenvalue weighted by Gasteiger charge is -2.34. The molecule has 0 radical (unpaired) electrons. The van der Waals surface area contributed by atoms with E-state index in [0.717, 1.165) is 13.1 Å². The maximum atomic E-state index is 12.3. The van der Waals surface area contributed by atoms with Gasteiger partial charge in [-0.25, -0.2) is 15.0 Å². The molecule has 3 heterocycles. The van der Waals surface area contributed by atoms with Gasteiger partial charge in [-0.1, -0.05) is 0 Å². The Kier molecular flexibility index (Phi) is 3.63. The number of hydrogen-bond acceptors (Lipinski definition) is 6. The molecule has 2 aromatic rings. The third-order valence-corrected chi connectivity index (χ3v) is 3.44. The maximum absolute atomic E-state index is 12.3. The summed E-state index contributed by atoms with van der Waals surface area (Å²) in [6.07, 6.45) is 4.96. The fraction of sp³-hybridized carbons (Fsp3) is 0.286. The molecule has 21 heavy (non-hydrogen) atoms. The third kappa shape index (κ3) is 2.91. The van der Waals surface area contributed by atoms with E-state index < -0.39 is 0 Å². The number of amides is 1. The Morgan fingerprint density at radius 3 is 2.38 bits per heavy atom. The number of piperazine rings is 1. The first-order chi connectivity index (χ1) is 10.2. The molecule has 1 aliphatic rings. The first kappa shape index (κ1) is 13.3. The SMILES string of the molecule is Nc1ccc(C(=O)N2CCN(c3ncccn3)CC2)cn1. The lowest BCUT2D eigenvalue weighted by Crippen LogP contribution is -2.49. The molecular weight excluding hydrogens is 268 g/mol. The topological polar surface area (TPSA) is 88.2 Å². The van der Waals surface area contributed by atoms with E-state index in [1.807, 2.05) is 4.90 Å². The first-order valence-electron chi connectivity index (χ1n) is 6.77. The van der Waals surface area contributed by atoms with Gasteiger partial charge in [-0.15, -0.1) is 0 Å². The molecule has 0 saturated carbocycles. The summed E-state index contributed by atoms with van der Waals surface area (Å²) in [6.45, 7) is 2.72. The van der Waals surface area contributed by atoms with Crippen molar-refractivity contribution in [3.05, 3.63) is 42.4 Å². The highest BCUT2D eigenvalue weighted by atomic mass is 16.2. The van der Waals surface area contributed by atoms with Crippen LogP contribution in [0, 0.1) is 0 Å². The molecule has 3 rings (SSSR count). The van der Waals surface area contributed by atoms with Crippen molar-refractivity contribution < 1.29 is 4.79 Å². The average molecular weight is 284 g/mol. The van der Waals surface area contributed by atoms with Crippen LogP contribution in [-0.4, -0.2) is 51.9 Å². The van der Waals surface area contributed by atoms with Crippen molar-refractivity contribution in [2.75, 3.05) is 36.8 Å². The second-order valence-corrected chi connectivity index (χ2v) is 4.80. The summed E-state index contributed by atoms with van der Waals surface area (Å²) >= 11 is 0. The Morgan fingerprint density at radius 1 is 1.05 bits per heavy atom. The number of nitrogens with two attached hydrogens (primary N) is 1. The predicted octanol–water partition coefficient (Wildman–Crippen LogP) is 0.416. The quantitative estimate of drug-likeness (QED) is 0.859. The average Bonchev–Trinajstić information content (AvgIpc) is 2.56. The molecule has 1 fully saturated rings. The molecule has 2 N–H and O–H groups in total. The second kappa shape index (κ2) is 5.74. The van der Waals surface area contributed by atoms with Crippen LogP contribution < -0.4 is 10.6 Å². The Morgan fingerprint density at radius 2 is 1.76 bits per heavy atom. The number of nitrogens with zero attached hydrogens (tertiary/aromatic N) is 5. The molecule has 2 aromatic heterocycles. The minimum absolute atomic E-state index is 0.0175. The minimum atomic E-state index is -0.0175. The predicted molar refractivity (Wildman–Crippen MR) is 78.8 cm³/mol. The molecule has 0 atom stereocenters. The van der Waals surface area contributed by atoms with Gasteiger partial charge in [0.15, 0.2) is 0 Å². The number of anilines is 2. The van der Waals surface area contributed by atoms with Crippen molar-refractivity contribution in [2.45, 2.75) is 0 Å². The van der Waals surface area contributed by atoms with Crippen LogP contribution in [0.1, 0.15) is 10.4 Å². The highest BCUT2D eigenvalue weighted by molar-refractivity contribution is 5.94. The standard InChI is InChI=1S/C14H16N6O/c15-12-3-2-11(10-18-12)13(21)19-6-8-20(9-7-19)14-16-4-1-5-17-14/h1-5,10H,6-9H2,(H2,15,18). The van der Waals surface area contributed by atoms with Crippen molar-refractivity contribution in [3.8, 4) is 0 Å². The fourth-order valence-electron chi connectivity index (χ4n) is 2.28. The van der Waals surface area contributed by atoms with Crippen LogP contribution in [0.4, 0.5) is 11.8 Å². The molecule has 7 nitrogen and oxygen atoms in total. The first-order valence-corrected chi connectivity index (χ1v) is 6.77. The van der Waals surface area contributed by atoms with E-state index >= 15 is 0 Å². The summed E-state index contributed by atoms with van der Waals surface area (Å²) in [6, 6.07) is 5.13. The molecule has 1 aliphatic heterocycles. The van der Waals surface area contributed by atoms with Crippen molar-refractivity contribution in [1.82, 2.24) is 19.9 Å². The fourth-order valence-corrected chi connectivity index (χ4v) is 2.28. The second-order valence-electron chi connectivity index (χ2n) is 4.80. The van der Waals surface area contributed by atoms with Gasteiger partial charge in [0.25, 0.3) is 5.91 Å². The van der Waals surface area contributed by atoms with Gasteiger partial charge in [-0.3, -0.25) is 4.79 Å². The molecule has 0 bridgehead atoms. The van der Waals surface area contributed by atoms with Gasteiger partial charge in [0.05, 0.1) is 5.56 Å². The molecule has 0 spiro atoms. The number of carbonyl (C=O) groups is 1. The molecule has 0 aliphatic carbocycles. The Labute approximate surface area is 122 Å². The molecular formula is C14H16N6O. The summed E-state index contributed by atoms with van der Waals surface area (Å²) in [5.41, 5.74) is 6.09. The van der Waals surface area contributed by atoms with E-state index in [-0.39, 0.29) is 5.91 Å².